The van der Waals surface area contributed by atoms with Crippen molar-refractivity contribution >= 4 is 28.3 Å². The Hall–Kier alpha value is -1.96. The first kappa shape index (κ1) is 20.3. The first-order valence-corrected chi connectivity index (χ1v) is 13.3. The van der Waals surface area contributed by atoms with Crippen molar-refractivity contribution in [2.24, 2.45) is 4.36 Å². The molecule has 0 bridgehead atoms. The van der Waals surface area contributed by atoms with Crippen molar-refractivity contribution in [1.29, 1.82) is 0 Å². The number of hydrogen-bond donors (Lipinski definition) is 0. The van der Waals surface area contributed by atoms with E-state index in [0.29, 0.717) is 5.66 Å². The second-order valence-electron chi connectivity index (χ2n) is 7.50. The highest BCUT2D eigenvalue weighted by Gasteiger charge is 2.40. The molecule has 0 aliphatic heterocycles. The molecule has 0 amide bonds. The van der Waals surface area contributed by atoms with Gasteiger partial charge in [-0.15, -0.1) is 0 Å². The molecular formula is C25H28NOPS. The Morgan fingerprint density at radius 3 is 1.76 bits per heavy atom. The van der Waals surface area contributed by atoms with Crippen LogP contribution in [-0.2, 0) is 9.73 Å². The van der Waals surface area contributed by atoms with Crippen LogP contribution < -0.4 is 10.6 Å². The Labute approximate surface area is 176 Å². The van der Waals surface area contributed by atoms with Crippen molar-refractivity contribution in [3.63, 3.8) is 0 Å². The lowest BCUT2D eigenvalue weighted by molar-refractivity contribution is 0.510. The van der Waals surface area contributed by atoms with Crippen LogP contribution in [0.1, 0.15) is 25.7 Å². The molecule has 3 aromatic carbocycles. The van der Waals surface area contributed by atoms with E-state index in [1.54, 1.807) is 7.05 Å². The van der Waals surface area contributed by atoms with Gasteiger partial charge in [0.2, 0.25) is 0 Å². The standard InChI is InChI=1S/C25H28NOPS/c1-26-29(27,23-17-9-4-10-18-23)25-20-12-11-19-24(25)28(21-13-5-2-6-14-21)22-15-7-3-8-16-22/h2-10,13-18,24-25H,11-12,19-20H2,1H3/t24-,25-,29?/m0/s1. The third-order valence-corrected chi connectivity index (χ3v) is 11.9. The number of benzene rings is 3. The predicted molar refractivity (Wildman–Crippen MR) is 126 cm³/mol. The summed E-state index contributed by atoms with van der Waals surface area (Å²) in [6.45, 7) is 0. The molecule has 4 heteroatoms. The van der Waals surface area contributed by atoms with Crippen molar-refractivity contribution in [3.8, 4) is 0 Å². The van der Waals surface area contributed by atoms with Crippen LogP contribution in [0.15, 0.2) is 100 Å². The summed E-state index contributed by atoms with van der Waals surface area (Å²) in [5, 5.41) is 2.82. The fourth-order valence-electron chi connectivity index (χ4n) is 4.49. The monoisotopic (exact) mass is 421 g/mol. The van der Waals surface area contributed by atoms with Gasteiger partial charge in [0, 0.05) is 17.6 Å². The summed E-state index contributed by atoms with van der Waals surface area (Å²) < 4.78 is 18.9. The highest BCUT2D eigenvalue weighted by molar-refractivity contribution is 7.95. The largest absolute Gasteiger partial charge is 0.244 e. The van der Waals surface area contributed by atoms with Gasteiger partial charge in [-0.1, -0.05) is 91.7 Å². The van der Waals surface area contributed by atoms with E-state index < -0.39 is 17.7 Å². The Morgan fingerprint density at radius 1 is 0.759 bits per heavy atom. The summed E-state index contributed by atoms with van der Waals surface area (Å²) >= 11 is 0. The molecule has 0 spiro atoms. The molecule has 0 heterocycles. The first-order chi connectivity index (χ1) is 14.2. The van der Waals surface area contributed by atoms with E-state index in [2.05, 4.69) is 65.0 Å². The van der Waals surface area contributed by atoms with Gasteiger partial charge in [0.1, 0.15) is 0 Å². The van der Waals surface area contributed by atoms with Gasteiger partial charge in [0.05, 0.1) is 15.0 Å². The van der Waals surface area contributed by atoms with E-state index in [1.165, 1.54) is 17.0 Å². The van der Waals surface area contributed by atoms with Crippen LogP contribution >= 0.6 is 7.92 Å². The van der Waals surface area contributed by atoms with Crippen molar-refractivity contribution in [1.82, 2.24) is 0 Å². The van der Waals surface area contributed by atoms with Crippen molar-refractivity contribution < 1.29 is 4.21 Å². The van der Waals surface area contributed by atoms with Crippen molar-refractivity contribution in [2.45, 2.75) is 41.5 Å². The minimum atomic E-state index is -2.48. The number of nitrogens with zero attached hydrogens (tertiary/aromatic N) is 1. The maximum absolute atomic E-state index is 14.3. The number of rotatable bonds is 5. The molecule has 0 N–H and O–H groups in total. The Bertz CT molecular complexity index is 991. The fourth-order valence-corrected chi connectivity index (χ4v) is 10.7. The average molecular weight is 422 g/mol. The molecule has 150 valence electrons. The van der Waals surface area contributed by atoms with Crippen LogP contribution in [0, 0.1) is 0 Å². The van der Waals surface area contributed by atoms with Gasteiger partial charge in [-0.2, -0.15) is 0 Å². The van der Waals surface area contributed by atoms with Gasteiger partial charge in [-0.25, -0.2) is 8.57 Å². The summed E-state index contributed by atoms with van der Waals surface area (Å²) in [6, 6.07) is 31.6. The molecule has 0 radical (unpaired) electrons. The Kier molecular flexibility index (Phi) is 6.47. The summed E-state index contributed by atoms with van der Waals surface area (Å²) in [7, 11) is -1.34. The minimum absolute atomic E-state index is 0.0789. The maximum Gasteiger partial charge on any atom is 0.0785 e. The zero-order valence-electron chi connectivity index (χ0n) is 16.9. The van der Waals surface area contributed by atoms with E-state index >= 15 is 0 Å². The summed E-state index contributed by atoms with van der Waals surface area (Å²) in [5.74, 6) is 0. The van der Waals surface area contributed by atoms with E-state index in [-0.39, 0.29) is 5.25 Å². The quantitative estimate of drug-likeness (QED) is 0.494. The van der Waals surface area contributed by atoms with E-state index in [9.17, 15) is 4.21 Å². The zero-order chi connectivity index (χ0) is 20.1. The van der Waals surface area contributed by atoms with Crippen molar-refractivity contribution in [3.05, 3.63) is 91.0 Å². The number of hydrogen-bond acceptors (Lipinski definition) is 2. The Balaban J connectivity index is 1.84. The molecule has 3 atom stereocenters. The van der Waals surface area contributed by atoms with E-state index in [4.69, 9.17) is 0 Å². The van der Waals surface area contributed by atoms with Crippen LogP contribution in [0.2, 0.25) is 0 Å². The topological polar surface area (TPSA) is 29.4 Å². The lowest BCUT2D eigenvalue weighted by Crippen LogP contribution is -2.39. The lowest BCUT2D eigenvalue weighted by atomic mass is 9.99. The molecule has 1 aliphatic rings. The highest BCUT2D eigenvalue weighted by atomic mass is 32.2. The van der Waals surface area contributed by atoms with Gasteiger partial charge in [-0.05, 0) is 43.5 Å². The van der Waals surface area contributed by atoms with Gasteiger partial charge >= 0.3 is 0 Å². The second kappa shape index (κ2) is 9.24. The van der Waals surface area contributed by atoms with Crippen LogP contribution in [0.25, 0.3) is 0 Å². The van der Waals surface area contributed by atoms with Crippen LogP contribution in [0.5, 0.6) is 0 Å². The van der Waals surface area contributed by atoms with E-state index in [0.717, 1.165) is 24.2 Å². The zero-order valence-corrected chi connectivity index (χ0v) is 18.6. The third-order valence-electron chi connectivity index (χ3n) is 5.83. The SMILES string of the molecule is CN=S(=O)(c1ccccc1)[C@H]1CCCC[C@@H]1P(c1ccccc1)c1ccccc1. The highest BCUT2D eigenvalue weighted by Crippen LogP contribution is 2.49. The molecule has 3 aromatic rings. The predicted octanol–water partition coefficient (Wildman–Crippen LogP) is 5.59. The van der Waals surface area contributed by atoms with E-state index in [1.807, 2.05) is 30.3 Å². The molecule has 0 aromatic heterocycles. The molecule has 4 rings (SSSR count). The summed E-state index contributed by atoms with van der Waals surface area (Å²) in [4.78, 5) is 0.885. The smallest absolute Gasteiger partial charge is 0.0785 e. The normalized spacial score (nSPS) is 21.4. The minimum Gasteiger partial charge on any atom is -0.244 e. The third kappa shape index (κ3) is 4.17. The maximum atomic E-state index is 14.3. The van der Waals surface area contributed by atoms with Gasteiger partial charge in [-0.3, -0.25) is 0 Å². The molecular weight excluding hydrogens is 393 g/mol. The van der Waals surface area contributed by atoms with Crippen LogP contribution in [0.4, 0.5) is 0 Å². The lowest BCUT2D eigenvalue weighted by Gasteiger charge is -2.39. The molecule has 29 heavy (non-hydrogen) atoms. The molecule has 1 unspecified atom stereocenters. The second-order valence-corrected chi connectivity index (χ2v) is 12.5. The molecule has 1 aliphatic carbocycles. The van der Waals surface area contributed by atoms with Gasteiger partial charge < -0.3 is 0 Å². The summed E-state index contributed by atoms with van der Waals surface area (Å²) in [6.07, 6.45) is 4.43. The van der Waals surface area contributed by atoms with Crippen molar-refractivity contribution in [2.75, 3.05) is 7.05 Å². The molecule has 1 fully saturated rings. The summed E-state index contributed by atoms with van der Waals surface area (Å²) in [5.41, 5.74) is 0.361. The first-order valence-electron chi connectivity index (χ1n) is 10.3. The Morgan fingerprint density at radius 2 is 1.24 bits per heavy atom. The average Bonchev–Trinajstić information content (AvgIpc) is 2.81. The van der Waals surface area contributed by atoms with Gasteiger partial charge in [0.25, 0.3) is 0 Å². The molecule has 1 saturated carbocycles. The van der Waals surface area contributed by atoms with Crippen LogP contribution in [0.3, 0.4) is 0 Å². The van der Waals surface area contributed by atoms with Gasteiger partial charge in [0.15, 0.2) is 0 Å². The fraction of sp³-hybridized carbons (Fsp3) is 0.280. The molecule has 0 saturated heterocycles. The molecule has 2 nitrogen and oxygen atoms in total. The van der Waals surface area contributed by atoms with Crippen LogP contribution in [-0.4, -0.2) is 22.2 Å².